The summed E-state index contributed by atoms with van der Waals surface area (Å²) in [5.41, 5.74) is 0.962. The highest BCUT2D eigenvalue weighted by molar-refractivity contribution is 7.88. The molecule has 2 atom stereocenters. The zero-order valence-corrected chi connectivity index (χ0v) is 16.5. The van der Waals surface area contributed by atoms with Gasteiger partial charge in [-0.1, -0.05) is 23.7 Å². The van der Waals surface area contributed by atoms with Crippen molar-refractivity contribution in [2.45, 2.75) is 31.3 Å². The van der Waals surface area contributed by atoms with E-state index < -0.39 is 16.1 Å². The van der Waals surface area contributed by atoms with Crippen LogP contribution in [0, 0.1) is 0 Å². The summed E-state index contributed by atoms with van der Waals surface area (Å²) in [7, 11) is 0.569. The molecule has 0 bridgehead atoms. The molecule has 0 spiro atoms. The van der Waals surface area contributed by atoms with Gasteiger partial charge in [0.1, 0.15) is 6.04 Å². The Balaban J connectivity index is 2.14. The number of sulfonamides is 1. The fourth-order valence-electron chi connectivity index (χ4n) is 3.07. The van der Waals surface area contributed by atoms with Gasteiger partial charge in [0.2, 0.25) is 15.9 Å². The summed E-state index contributed by atoms with van der Waals surface area (Å²) >= 11 is 5.95. The van der Waals surface area contributed by atoms with Gasteiger partial charge in [0.25, 0.3) is 0 Å². The predicted molar refractivity (Wildman–Crippen MR) is 100 cm³/mol. The van der Waals surface area contributed by atoms with Crippen molar-refractivity contribution in [2.75, 3.05) is 33.4 Å². The van der Waals surface area contributed by atoms with Crippen LogP contribution < -0.4 is 5.32 Å². The number of amides is 1. The van der Waals surface area contributed by atoms with E-state index in [0.717, 1.165) is 24.8 Å². The molecular weight excluding hydrogens is 362 g/mol. The SMILES string of the molecule is CN(C)CCC(NC(=O)C1CCCN1S(C)(=O)=O)c1ccc(Cl)cc1. The largest absolute Gasteiger partial charge is 0.348 e. The molecule has 25 heavy (non-hydrogen) atoms. The van der Waals surface area contributed by atoms with Gasteiger partial charge >= 0.3 is 0 Å². The number of hydrogen-bond donors (Lipinski definition) is 1. The third kappa shape index (κ3) is 5.67. The Morgan fingerprint density at radius 2 is 2.00 bits per heavy atom. The van der Waals surface area contributed by atoms with Crippen LogP contribution in [-0.4, -0.2) is 63.0 Å². The third-order valence-electron chi connectivity index (χ3n) is 4.39. The smallest absolute Gasteiger partial charge is 0.238 e. The zero-order chi connectivity index (χ0) is 18.6. The minimum absolute atomic E-state index is 0.186. The molecule has 1 heterocycles. The number of carbonyl (C=O) groups excluding carboxylic acids is 1. The molecule has 1 aliphatic heterocycles. The minimum atomic E-state index is -3.38. The molecular formula is C17H26ClN3O3S. The maximum Gasteiger partial charge on any atom is 0.238 e. The molecule has 140 valence electrons. The van der Waals surface area contributed by atoms with Crippen LogP contribution >= 0.6 is 11.6 Å². The highest BCUT2D eigenvalue weighted by Crippen LogP contribution is 2.24. The quantitative estimate of drug-likeness (QED) is 0.775. The van der Waals surface area contributed by atoms with Gasteiger partial charge in [-0.05, 0) is 57.6 Å². The highest BCUT2D eigenvalue weighted by Gasteiger charge is 2.37. The zero-order valence-electron chi connectivity index (χ0n) is 14.9. The molecule has 1 N–H and O–H groups in total. The van der Waals surface area contributed by atoms with Crippen LogP contribution in [0.5, 0.6) is 0 Å². The van der Waals surface area contributed by atoms with Gasteiger partial charge in [0.15, 0.2) is 0 Å². The average molecular weight is 388 g/mol. The Hall–Kier alpha value is -1.15. The van der Waals surface area contributed by atoms with E-state index in [1.807, 2.05) is 31.1 Å². The normalized spacial score (nSPS) is 20.0. The third-order valence-corrected chi connectivity index (χ3v) is 5.93. The molecule has 1 aliphatic rings. The summed E-state index contributed by atoms with van der Waals surface area (Å²) < 4.78 is 25.1. The van der Waals surface area contributed by atoms with E-state index in [9.17, 15) is 13.2 Å². The average Bonchev–Trinajstić information content (AvgIpc) is 3.02. The lowest BCUT2D eigenvalue weighted by Gasteiger charge is -2.26. The highest BCUT2D eigenvalue weighted by atomic mass is 35.5. The van der Waals surface area contributed by atoms with Crippen molar-refractivity contribution >= 4 is 27.5 Å². The molecule has 8 heteroatoms. The van der Waals surface area contributed by atoms with Crippen LogP contribution in [0.25, 0.3) is 0 Å². The van der Waals surface area contributed by atoms with Gasteiger partial charge in [-0.15, -0.1) is 0 Å². The Morgan fingerprint density at radius 1 is 1.36 bits per heavy atom. The Labute approximate surface area is 155 Å². The second-order valence-electron chi connectivity index (χ2n) is 6.74. The number of hydrogen-bond acceptors (Lipinski definition) is 4. The van der Waals surface area contributed by atoms with Crippen molar-refractivity contribution in [3.8, 4) is 0 Å². The number of halogens is 1. The molecule has 1 amide bonds. The summed E-state index contributed by atoms with van der Waals surface area (Å²) in [6.07, 6.45) is 3.14. The first-order valence-corrected chi connectivity index (χ1v) is 10.6. The number of benzene rings is 1. The topological polar surface area (TPSA) is 69.7 Å². The van der Waals surface area contributed by atoms with Crippen LogP contribution in [0.3, 0.4) is 0 Å². The Kier molecular flexibility index (Phi) is 6.85. The van der Waals surface area contributed by atoms with Crippen LogP contribution in [0.4, 0.5) is 0 Å². The van der Waals surface area contributed by atoms with Gasteiger partial charge < -0.3 is 10.2 Å². The predicted octanol–water partition coefficient (Wildman–Crippen LogP) is 1.87. The van der Waals surface area contributed by atoms with E-state index in [1.165, 1.54) is 4.31 Å². The number of rotatable bonds is 7. The van der Waals surface area contributed by atoms with Crippen LogP contribution in [-0.2, 0) is 14.8 Å². The Bertz CT molecular complexity index is 692. The van der Waals surface area contributed by atoms with Gasteiger partial charge in [-0.25, -0.2) is 8.42 Å². The first-order valence-electron chi connectivity index (χ1n) is 8.36. The summed E-state index contributed by atoms with van der Waals surface area (Å²) in [4.78, 5) is 14.8. The van der Waals surface area contributed by atoms with Gasteiger partial charge in [0.05, 0.1) is 12.3 Å². The maximum absolute atomic E-state index is 12.7. The van der Waals surface area contributed by atoms with E-state index in [0.29, 0.717) is 24.4 Å². The van der Waals surface area contributed by atoms with Crippen molar-refractivity contribution in [3.63, 3.8) is 0 Å². The first-order chi connectivity index (χ1) is 11.7. The monoisotopic (exact) mass is 387 g/mol. The van der Waals surface area contributed by atoms with Crippen LogP contribution in [0.2, 0.25) is 5.02 Å². The molecule has 6 nitrogen and oxygen atoms in total. The lowest BCUT2D eigenvalue weighted by molar-refractivity contribution is -0.125. The van der Waals surface area contributed by atoms with E-state index >= 15 is 0 Å². The van der Waals surface area contributed by atoms with E-state index in [-0.39, 0.29) is 11.9 Å². The first kappa shape index (κ1) is 20.2. The van der Waals surface area contributed by atoms with E-state index in [2.05, 4.69) is 5.32 Å². The second kappa shape index (κ2) is 8.49. The molecule has 1 aromatic rings. The number of carbonyl (C=O) groups is 1. The standard InChI is InChI=1S/C17H26ClN3O3S/c1-20(2)12-10-15(13-6-8-14(18)9-7-13)19-17(22)16-5-4-11-21(16)25(3,23)24/h6-9,15-16H,4-5,10-12H2,1-3H3,(H,19,22). The molecule has 1 fully saturated rings. The summed E-state index contributed by atoms with van der Waals surface area (Å²) in [5, 5.41) is 3.68. The molecule has 0 saturated carbocycles. The van der Waals surface area contributed by atoms with Crippen LogP contribution in [0.1, 0.15) is 30.9 Å². The second-order valence-corrected chi connectivity index (χ2v) is 9.11. The lowest BCUT2D eigenvalue weighted by atomic mass is 10.0. The van der Waals surface area contributed by atoms with E-state index in [4.69, 9.17) is 11.6 Å². The van der Waals surface area contributed by atoms with Crippen molar-refractivity contribution < 1.29 is 13.2 Å². The summed E-state index contributed by atoms with van der Waals surface area (Å²) in [6.45, 7) is 1.20. The molecule has 0 aromatic heterocycles. The molecule has 0 aliphatic carbocycles. The van der Waals surface area contributed by atoms with Crippen molar-refractivity contribution in [3.05, 3.63) is 34.9 Å². The molecule has 2 unspecified atom stereocenters. The molecule has 0 radical (unpaired) electrons. The number of nitrogens with one attached hydrogen (secondary N) is 1. The minimum Gasteiger partial charge on any atom is -0.348 e. The fraction of sp³-hybridized carbons (Fsp3) is 0.588. The number of nitrogens with zero attached hydrogens (tertiary/aromatic N) is 2. The lowest BCUT2D eigenvalue weighted by Crippen LogP contribution is -2.46. The fourth-order valence-corrected chi connectivity index (χ4v) is 4.32. The van der Waals surface area contributed by atoms with Crippen molar-refractivity contribution in [2.24, 2.45) is 0 Å². The molecule has 1 aromatic carbocycles. The maximum atomic E-state index is 12.7. The van der Waals surface area contributed by atoms with Crippen molar-refractivity contribution in [1.29, 1.82) is 0 Å². The molecule has 2 rings (SSSR count). The van der Waals surface area contributed by atoms with Gasteiger partial charge in [-0.2, -0.15) is 4.31 Å². The molecule has 1 saturated heterocycles. The van der Waals surface area contributed by atoms with E-state index in [1.54, 1.807) is 12.1 Å². The van der Waals surface area contributed by atoms with Crippen LogP contribution in [0.15, 0.2) is 24.3 Å². The summed E-state index contributed by atoms with van der Waals surface area (Å²) in [5.74, 6) is -0.235. The van der Waals surface area contributed by atoms with Gasteiger partial charge in [0, 0.05) is 11.6 Å². The van der Waals surface area contributed by atoms with Crippen molar-refractivity contribution in [1.82, 2.24) is 14.5 Å². The van der Waals surface area contributed by atoms with Gasteiger partial charge in [-0.3, -0.25) is 4.79 Å². The Morgan fingerprint density at radius 3 is 2.56 bits per heavy atom. The summed E-state index contributed by atoms with van der Waals surface area (Å²) in [6, 6.07) is 6.57.